The summed E-state index contributed by atoms with van der Waals surface area (Å²) in [7, 11) is 0. The maximum atomic E-state index is 12.2. The first kappa shape index (κ1) is 21.0. The summed E-state index contributed by atoms with van der Waals surface area (Å²) in [5.74, 6) is -0.720. The van der Waals surface area contributed by atoms with Crippen molar-refractivity contribution in [1.82, 2.24) is 0 Å². The number of benzene rings is 2. The smallest absolute Gasteiger partial charge is 0.374 e. The number of hydrogen-bond donors (Lipinski definition) is 1. The summed E-state index contributed by atoms with van der Waals surface area (Å²) < 4.78 is 10.6. The molecule has 0 aliphatic carbocycles. The molecule has 30 heavy (non-hydrogen) atoms. The summed E-state index contributed by atoms with van der Waals surface area (Å²) in [5.41, 5.74) is 5.03. The SMILES string of the molecule is CC(=O)c1ccc(-c2ccc(C(=O)OCC(=O)Nc3c(C)cc(C)cc3C)o2)cc1. The highest BCUT2D eigenvalue weighted by Gasteiger charge is 2.16. The van der Waals surface area contributed by atoms with Crippen molar-refractivity contribution in [2.24, 2.45) is 0 Å². The number of esters is 1. The standard InChI is InChI=1S/C24H23NO5/c1-14-11-15(2)23(16(3)12-14)25-22(27)13-29-24(28)21-10-9-20(30-21)19-7-5-18(6-8-19)17(4)26/h5-12H,13H2,1-4H3,(H,25,27). The third kappa shape index (κ3) is 4.84. The van der Waals surface area contributed by atoms with E-state index in [4.69, 9.17) is 9.15 Å². The zero-order valence-corrected chi connectivity index (χ0v) is 17.4. The maximum absolute atomic E-state index is 12.2. The van der Waals surface area contributed by atoms with Gasteiger partial charge in [0.05, 0.1) is 0 Å². The predicted octanol–water partition coefficient (Wildman–Crippen LogP) is 4.87. The average Bonchev–Trinajstić information content (AvgIpc) is 3.19. The van der Waals surface area contributed by atoms with Crippen LogP contribution in [0.15, 0.2) is 52.9 Å². The van der Waals surface area contributed by atoms with Gasteiger partial charge in [-0.05, 0) is 51.0 Å². The van der Waals surface area contributed by atoms with Gasteiger partial charge < -0.3 is 14.5 Å². The number of Topliss-reactive ketones (excluding diaryl/α,β-unsaturated/α-hetero) is 1. The molecule has 0 aliphatic rings. The Morgan fingerprint density at radius 1 is 0.933 bits per heavy atom. The van der Waals surface area contributed by atoms with E-state index in [1.54, 1.807) is 30.3 Å². The highest BCUT2D eigenvalue weighted by molar-refractivity contribution is 5.96. The molecular formula is C24H23NO5. The molecule has 0 saturated heterocycles. The van der Waals surface area contributed by atoms with Gasteiger partial charge in [0.15, 0.2) is 12.4 Å². The van der Waals surface area contributed by atoms with Crippen molar-refractivity contribution in [3.8, 4) is 11.3 Å². The van der Waals surface area contributed by atoms with Gasteiger partial charge in [-0.3, -0.25) is 9.59 Å². The van der Waals surface area contributed by atoms with Crippen LogP contribution < -0.4 is 5.32 Å². The van der Waals surface area contributed by atoms with Crippen molar-refractivity contribution in [3.05, 3.63) is 76.5 Å². The molecule has 2 aromatic carbocycles. The van der Waals surface area contributed by atoms with Crippen molar-refractivity contribution < 1.29 is 23.5 Å². The van der Waals surface area contributed by atoms with Gasteiger partial charge in [-0.2, -0.15) is 0 Å². The predicted molar refractivity (Wildman–Crippen MR) is 114 cm³/mol. The van der Waals surface area contributed by atoms with Crippen LogP contribution in [0.25, 0.3) is 11.3 Å². The van der Waals surface area contributed by atoms with Gasteiger partial charge in [0.25, 0.3) is 5.91 Å². The van der Waals surface area contributed by atoms with Crippen LogP contribution in [0.4, 0.5) is 5.69 Å². The van der Waals surface area contributed by atoms with Crippen LogP contribution in [-0.2, 0) is 9.53 Å². The topological polar surface area (TPSA) is 85.6 Å². The lowest BCUT2D eigenvalue weighted by atomic mass is 10.1. The number of ketones is 1. The van der Waals surface area contributed by atoms with Gasteiger partial charge >= 0.3 is 5.97 Å². The monoisotopic (exact) mass is 405 g/mol. The van der Waals surface area contributed by atoms with Gasteiger partial charge in [0.2, 0.25) is 5.76 Å². The summed E-state index contributed by atoms with van der Waals surface area (Å²) in [5, 5.41) is 2.78. The number of carbonyl (C=O) groups is 3. The Morgan fingerprint density at radius 2 is 1.57 bits per heavy atom. The summed E-state index contributed by atoms with van der Waals surface area (Å²) >= 11 is 0. The second-order valence-electron chi connectivity index (χ2n) is 7.20. The Morgan fingerprint density at radius 3 is 2.17 bits per heavy atom. The van der Waals surface area contributed by atoms with Crippen molar-refractivity contribution in [1.29, 1.82) is 0 Å². The number of rotatable bonds is 6. The Kier molecular flexibility index (Phi) is 6.16. The first-order valence-electron chi connectivity index (χ1n) is 9.50. The average molecular weight is 405 g/mol. The minimum atomic E-state index is -0.728. The summed E-state index contributed by atoms with van der Waals surface area (Å²) in [6.45, 7) is 6.88. The van der Waals surface area contributed by atoms with Gasteiger partial charge in [-0.15, -0.1) is 0 Å². The van der Waals surface area contributed by atoms with E-state index in [-0.39, 0.29) is 11.5 Å². The molecule has 0 atom stereocenters. The molecule has 1 N–H and O–H groups in total. The molecule has 1 amide bonds. The number of hydrogen-bond acceptors (Lipinski definition) is 5. The van der Waals surface area contributed by atoms with Gasteiger partial charge in [-0.1, -0.05) is 42.0 Å². The normalized spacial score (nSPS) is 10.5. The molecule has 1 heterocycles. The fraction of sp³-hybridized carbons (Fsp3) is 0.208. The molecule has 154 valence electrons. The molecule has 0 bridgehead atoms. The van der Waals surface area contributed by atoms with Crippen molar-refractivity contribution in [2.75, 3.05) is 11.9 Å². The lowest BCUT2D eigenvalue weighted by Gasteiger charge is -2.12. The van der Waals surface area contributed by atoms with Crippen LogP contribution in [0.3, 0.4) is 0 Å². The van der Waals surface area contributed by atoms with Gasteiger partial charge in [-0.25, -0.2) is 4.79 Å². The fourth-order valence-electron chi connectivity index (χ4n) is 3.23. The molecule has 0 spiro atoms. The van der Waals surface area contributed by atoms with Gasteiger partial charge in [0, 0.05) is 16.8 Å². The molecule has 6 heteroatoms. The van der Waals surface area contributed by atoms with Crippen LogP contribution in [0, 0.1) is 20.8 Å². The minimum absolute atomic E-state index is 0.00357. The zero-order valence-electron chi connectivity index (χ0n) is 17.4. The van der Waals surface area contributed by atoms with Crippen LogP contribution in [-0.4, -0.2) is 24.3 Å². The summed E-state index contributed by atoms with van der Waals surface area (Å²) in [6, 6.07) is 13.9. The maximum Gasteiger partial charge on any atom is 0.374 e. The lowest BCUT2D eigenvalue weighted by Crippen LogP contribution is -2.21. The first-order valence-corrected chi connectivity index (χ1v) is 9.50. The van der Waals surface area contributed by atoms with Crippen molar-refractivity contribution >= 4 is 23.3 Å². The minimum Gasteiger partial charge on any atom is -0.450 e. The number of ether oxygens (including phenoxy) is 1. The van der Waals surface area contributed by atoms with E-state index in [0.717, 1.165) is 27.9 Å². The Balaban J connectivity index is 1.60. The Hall–Kier alpha value is -3.67. The molecule has 3 aromatic rings. The number of nitrogens with one attached hydrogen (secondary N) is 1. The lowest BCUT2D eigenvalue weighted by molar-refractivity contribution is -0.119. The van der Waals surface area contributed by atoms with Gasteiger partial charge in [0.1, 0.15) is 5.76 Å². The van der Waals surface area contributed by atoms with E-state index in [1.807, 2.05) is 32.9 Å². The number of amides is 1. The Bertz CT molecular complexity index is 1090. The second kappa shape index (κ2) is 8.78. The number of carbonyl (C=O) groups excluding carboxylic acids is 3. The van der Waals surface area contributed by atoms with Crippen molar-refractivity contribution in [2.45, 2.75) is 27.7 Å². The molecule has 1 aromatic heterocycles. The fourth-order valence-corrected chi connectivity index (χ4v) is 3.23. The van der Waals surface area contributed by atoms with E-state index >= 15 is 0 Å². The van der Waals surface area contributed by atoms with Crippen LogP contribution in [0.1, 0.15) is 44.5 Å². The molecule has 0 fully saturated rings. The highest BCUT2D eigenvalue weighted by atomic mass is 16.5. The Labute approximate surface area is 174 Å². The number of furan rings is 1. The molecule has 0 saturated carbocycles. The first-order chi connectivity index (χ1) is 14.2. The highest BCUT2D eigenvalue weighted by Crippen LogP contribution is 2.24. The molecule has 6 nitrogen and oxygen atoms in total. The number of anilines is 1. The third-order valence-electron chi connectivity index (χ3n) is 4.66. The summed E-state index contributed by atoms with van der Waals surface area (Å²) in [6.07, 6.45) is 0. The van der Waals surface area contributed by atoms with E-state index in [2.05, 4.69) is 5.32 Å². The molecule has 3 rings (SSSR count). The zero-order chi connectivity index (χ0) is 21.8. The summed E-state index contributed by atoms with van der Waals surface area (Å²) in [4.78, 5) is 35.8. The van der Waals surface area contributed by atoms with E-state index in [1.165, 1.54) is 13.0 Å². The van der Waals surface area contributed by atoms with Crippen molar-refractivity contribution in [3.63, 3.8) is 0 Å². The van der Waals surface area contributed by atoms with E-state index < -0.39 is 18.5 Å². The number of aryl methyl sites for hydroxylation is 3. The van der Waals surface area contributed by atoms with Crippen LogP contribution >= 0.6 is 0 Å². The molecule has 0 unspecified atom stereocenters. The largest absolute Gasteiger partial charge is 0.450 e. The second-order valence-corrected chi connectivity index (χ2v) is 7.20. The van der Waals surface area contributed by atoms with E-state index in [9.17, 15) is 14.4 Å². The quantitative estimate of drug-likeness (QED) is 0.467. The molecular weight excluding hydrogens is 382 g/mol. The molecule has 0 radical (unpaired) electrons. The van der Waals surface area contributed by atoms with Crippen LogP contribution in [0.5, 0.6) is 0 Å². The third-order valence-corrected chi connectivity index (χ3v) is 4.66. The van der Waals surface area contributed by atoms with E-state index in [0.29, 0.717) is 11.3 Å². The van der Waals surface area contributed by atoms with Crippen LogP contribution in [0.2, 0.25) is 0 Å². The molecule has 0 aliphatic heterocycles.